The summed E-state index contributed by atoms with van der Waals surface area (Å²) in [5.41, 5.74) is 1.47. The predicted molar refractivity (Wildman–Crippen MR) is 90.0 cm³/mol. The molecule has 0 aliphatic carbocycles. The highest BCUT2D eigenvalue weighted by molar-refractivity contribution is 5.97. The van der Waals surface area contributed by atoms with Crippen molar-refractivity contribution < 1.29 is 13.9 Å². The number of aromatic nitrogens is 2. The van der Waals surface area contributed by atoms with E-state index in [0.29, 0.717) is 23.1 Å². The second kappa shape index (κ2) is 7.55. The molecule has 1 aromatic heterocycles. The molecule has 0 bridgehead atoms. The van der Waals surface area contributed by atoms with Gasteiger partial charge in [0.2, 0.25) is 11.8 Å². The third-order valence-corrected chi connectivity index (χ3v) is 3.50. The van der Waals surface area contributed by atoms with Gasteiger partial charge in [-0.2, -0.15) is 0 Å². The number of ether oxygens (including phenoxy) is 1. The van der Waals surface area contributed by atoms with Gasteiger partial charge in [0.1, 0.15) is 5.75 Å². The van der Waals surface area contributed by atoms with E-state index in [9.17, 15) is 4.79 Å². The molecule has 0 unspecified atom stereocenters. The second-order valence-corrected chi connectivity index (χ2v) is 5.35. The molecule has 0 radical (unpaired) electrons. The Morgan fingerprint density at radius 1 is 1.04 bits per heavy atom. The fourth-order valence-corrected chi connectivity index (χ4v) is 2.24. The monoisotopic (exact) mass is 322 g/mol. The average Bonchev–Trinajstić information content (AvgIpc) is 3.10. The third-order valence-electron chi connectivity index (χ3n) is 3.50. The maximum atomic E-state index is 12.0. The molecule has 0 amide bonds. The fourth-order valence-electron chi connectivity index (χ4n) is 2.24. The van der Waals surface area contributed by atoms with Crippen LogP contribution in [0.3, 0.4) is 0 Å². The van der Waals surface area contributed by atoms with Gasteiger partial charge in [-0.1, -0.05) is 37.3 Å². The van der Waals surface area contributed by atoms with E-state index in [1.54, 1.807) is 24.3 Å². The Kier molecular flexibility index (Phi) is 5.01. The highest BCUT2D eigenvalue weighted by Crippen LogP contribution is 2.21. The zero-order valence-corrected chi connectivity index (χ0v) is 13.4. The van der Waals surface area contributed by atoms with E-state index >= 15 is 0 Å². The largest absolute Gasteiger partial charge is 0.485 e. The molecule has 5 nitrogen and oxygen atoms in total. The summed E-state index contributed by atoms with van der Waals surface area (Å²) in [4.78, 5) is 12.0. The number of aryl methyl sites for hydroxylation is 1. The molecule has 0 spiro atoms. The van der Waals surface area contributed by atoms with Crippen LogP contribution in [0.2, 0.25) is 0 Å². The first-order chi connectivity index (χ1) is 11.8. The van der Waals surface area contributed by atoms with E-state index in [4.69, 9.17) is 9.15 Å². The normalized spacial score (nSPS) is 10.5. The number of hydrogen-bond donors (Lipinski definition) is 0. The molecular formula is C19H18N2O3. The molecular weight excluding hydrogens is 304 g/mol. The van der Waals surface area contributed by atoms with Gasteiger partial charge in [-0.25, -0.2) is 0 Å². The minimum Gasteiger partial charge on any atom is -0.485 e. The lowest BCUT2D eigenvalue weighted by Gasteiger charge is -2.06. The molecule has 122 valence electrons. The van der Waals surface area contributed by atoms with Gasteiger partial charge in [0.25, 0.3) is 0 Å². The van der Waals surface area contributed by atoms with Crippen molar-refractivity contribution in [1.29, 1.82) is 0 Å². The molecule has 2 aromatic carbocycles. The Balaban J connectivity index is 1.61. The lowest BCUT2D eigenvalue weighted by molar-refractivity contribution is 0.0921. The van der Waals surface area contributed by atoms with Crippen molar-refractivity contribution in [2.45, 2.75) is 19.8 Å². The Morgan fingerprint density at radius 3 is 2.50 bits per heavy atom. The van der Waals surface area contributed by atoms with E-state index < -0.39 is 0 Å². The summed E-state index contributed by atoms with van der Waals surface area (Å²) >= 11 is 0. The molecule has 5 heteroatoms. The molecule has 0 aliphatic heterocycles. The van der Waals surface area contributed by atoms with Gasteiger partial charge < -0.3 is 9.15 Å². The summed E-state index contributed by atoms with van der Waals surface area (Å²) in [6, 6.07) is 16.3. The van der Waals surface area contributed by atoms with Gasteiger partial charge in [0.15, 0.2) is 12.4 Å². The molecule has 0 atom stereocenters. The van der Waals surface area contributed by atoms with Crippen LogP contribution in [0.4, 0.5) is 0 Å². The minimum atomic E-state index is -0.0548. The van der Waals surface area contributed by atoms with Crippen LogP contribution in [0.5, 0.6) is 5.75 Å². The van der Waals surface area contributed by atoms with Crippen LogP contribution in [-0.2, 0) is 6.42 Å². The van der Waals surface area contributed by atoms with E-state index in [0.717, 1.165) is 18.4 Å². The van der Waals surface area contributed by atoms with Crippen molar-refractivity contribution in [1.82, 2.24) is 10.2 Å². The summed E-state index contributed by atoms with van der Waals surface area (Å²) in [5, 5.41) is 8.04. The summed E-state index contributed by atoms with van der Waals surface area (Å²) in [5.74, 6) is 1.70. The highest BCUT2D eigenvalue weighted by Gasteiger charge is 2.09. The van der Waals surface area contributed by atoms with Gasteiger partial charge in [0, 0.05) is 17.5 Å². The van der Waals surface area contributed by atoms with Crippen molar-refractivity contribution in [3.63, 3.8) is 0 Å². The summed E-state index contributed by atoms with van der Waals surface area (Å²) < 4.78 is 11.1. The van der Waals surface area contributed by atoms with Crippen molar-refractivity contribution in [2.75, 3.05) is 6.61 Å². The van der Waals surface area contributed by atoms with Crippen molar-refractivity contribution >= 4 is 5.78 Å². The zero-order chi connectivity index (χ0) is 16.8. The van der Waals surface area contributed by atoms with Gasteiger partial charge in [-0.15, -0.1) is 10.2 Å². The molecule has 0 aliphatic rings. The van der Waals surface area contributed by atoms with Crippen LogP contribution in [0.25, 0.3) is 11.5 Å². The topological polar surface area (TPSA) is 65.2 Å². The summed E-state index contributed by atoms with van der Waals surface area (Å²) in [7, 11) is 0. The van der Waals surface area contributed by atoms with E-state index in [-0.39, 0.29) is 12.4 Å². The van der Waals surface area contributed by atoms with Gasteiger partial charge in [0.05, 0.1) is 0 Å². The van der Waals surface area contributed by atoms with E-state index in [1.807, 2.05) is 30.3 Å². The molecule has 0 N–H and O–H groups in total. The van der Waals surface area contributed by atoms with Crippen LogP contribution < -0.4 is 4.74 Å². The van der Waals surface area contributed by atoms with Crippen molar-refractivity contribution in [2.24, 2.45) is 0 Å². The quantitative estimate of drug-likeness (QED) is 0.616. The molecule has 3 rings (SSSR count). The van der Waals surface area contributed by atoms with Gasteiger partial charge in [-0.3, -0.25) is 4.79 Å². The van der Waals surface area contributed by atoms with E-state index in [1.165, 1.54) is 0 Å². The predicted octanol–water partition coefficient (Wildman–Crippen LogP) is 3.95. The van der Waals surface area contributed by atoms with Crippen LogP contribution in [0.15, 0.2) is 59.0 Å². The van der Waals surface area contributed by atoms with Crippen LogP contribution in [-0.4, -0.2) is 22.6 Å². The number of benzene rings is 2. The first-order valence-corrected chi connectivity index (χ1v) is 7.90. The third kappa shape index (κ3) is 3.87. The highest BCUT2D eigenvalue weighted by atomic mass is 16.5. The number of nitrogens with zero attached hydrogens (tertiary/aromatic N) is 2. The maximum absolute atomic E-state index is 12.0. The molecule has 1 heterocycles. The minimum absolute atomic E-state index is 0.00453. The number of ketones is 1. The lowest BCUT2D eigenvalue weighted by atomic mass is 10.1. The molecule has 24 heavy (non-hydrogen) atoms. The maximum Gasteiger partial charge on any atom is 0.247 e. The van der Waals surface area contributed by atoms with Crippen molar-refractivity contribution in [3.05, 3.63) is 66.1 Å². The number of carbonyl (C=O) groups excluding carboxylic acids is 1. The number of hydrogen-bond acceptors (Lipinski definition) is 5. The molecule has 0 saturated carbocycles. The van der Waals surface area contributed by atoms with Crippen LogP contribution >= 0.6 is 0 Å². The van der Waals surface area contributed by atoms with Gasteiger partial charge >= 0.3 is 0 Å². The summed E-state index contributed by atoms with van der Waals surface area (Å²) in [6.45, 7) is 2.07. The first-order valence-electron chi connectivity index (χ1n) is 7.90. The Labute approximate surface area is 140 Å². The number of rotatable bonds is 7. The van der Waals surface area contributed by atoms with Crippen molar-refractivity contribution in [3.8, 4) is 17.2 Å². The van der Waals surface area contributed by atoms with Crippen LogP contribution in [0, 0.1) is 0 Å². The van der Waals surface area contributed by atoms with Crippen LogP contribution in [0.1, 0.15) is 29.6 Å². The Hall–Kier alpha value is -2.95. The second-order valence-electron chi connectivity index (χ2n) is 5.35. The molecule has 3 aromatic rings. The Bertz CT molecular complexity index is 795. The number of Topliss-reactive ketones (excluding diaryl/α,β-unsaturated/α-hetero) is 1. The smallest absolute Gasteiger partial charge is 0.247 e. The SMILES string of the molecule is CCCc1nnc(-c2ccc(OCC(=O)c3ccccc3)cc2)o1. The van der Waals surface area contributed by atoms with E-state index in [2.05, 4.69) is 17.1 Å². The zero-order valence-electron chi connectivity index (χ0n) is 13.4. The number of carbonyl (C=O) groups is 1. The summed E-state index contributed by atoms with van der Waals surface area (Å²) in [6.07, 6.45) is 1.74. The molecule has 0 saturated heterocycles. The standard InChI is InChI=1S/C19H18N2O3/c1-2-6-18-20-21-19(24-18)15-9-11-16(12-10-15)23-13-17(22)14-7-4-3-5-8-14/h3-5,7-12H,2,6,13H2,1H3. The average molecular weight is 322 g/mol. The fraction of sp³-hybridized carbons (Fsp3) is 0.211. The molecule has 0 fully saturated rings. The lowest BCUT2D eigenvalue weighted by Crippen LogP contribution is -2.11. The Morgan fingerprint density at radius 2 is 1.79 bits per heavy atom. The van der Waals surface area contributed by atoms with Gasteiger partial charge in [-0.05, 0) is 30.7 Å². The first kappa shape index (κ1) is 15.9.